The maximum Gasteiger partial charge on any atom is 0.412 e. The summed E-state index contributed by atoms with van der Waals surface area (Å²) in [6.45, 7) is 4.16. The van der Waals surface area contributed by atoms with Crippen LogP contribution in [0.1, 0.15) is 0 Å². The quantitative estimate of drug-likeness (QED) is 0.250. The lowest BCUT2D eigenvalue weighted by atomic mass is 10.0. The number of nitrogens with one attached hydrogen (secondary N) is 1. The number of ether oxygens (including phenoxy) is 4. The highest BCUT2D eigenvalue weighted by Gasteiger charge is 2.17. The minimum Gasteiger partial charge on any atom is -0.495 e. The third-order valence-electron chi connectivity index (χ3n) is 4.39. The molecule has 0 spiro atoms. The summed E-state index contributed by atoms with van der Waals surface area (Å²) < 4.78 is 21.4. The summed E-state index contributed by atoms with van der Waals surface area (Å²) in [6, 6.07) is 15.2. The number of hydrogen-bond acceptors (Lipinski definition) is 6. The normalized spacial score (nSPS) is 10.6. The van der Waals surface area contributed by atoms with Crippen LogP contribution in [0.15, 0.2) is 61.2 Å². The van der Waals surface area contributed by atoms with Crippen molar-refractivity contribution in [3.63, 3.8) is 0 Å². The highest BCUT2D eigenvalue weighted by atomic mass is 16.6. The third-order valence-corrected chi connectivity index (χ3v) is 4.39. The molecule has 0 saturated heterocycles. The molecule has 1 amide bonds. The van der Waals surface area contributed by atoms with Crippen molar-refractivity contribution in [1.29, 1.82) is 0 Å². The van der Waals surface area contributed by atoms with Gasteiger partial charge in [-0.2, -0.15) is 0 Å². The van der Waals surface area contributed by atoms with Crippen LogP contribution < -0.4 is 14.8 Å². The van der Waals surface area contributed by atoms with E-state index in [1.54, 1.807) is 7.11 Å². The van der Waals surface area contributed by atoms with Gasteiger partial charge >= 0.3 is 12.1 Å². The van der Waals surface area contributed by atoms with Gasteiger partial charge in [-0.25, -0.2) is 9.59 Å². The molecule has 0 saturated carbocycles. The van der Waals surface area contributed by atoms with Crippen molar-refractivity contribution >= 4 is 33.6 Å². The van der Waals surface area contributed by atoms with E-state index in [4.69, 9.17) is 18.9 Å². The van der Waals surface area contributed by atoms with Crippen LogP contribution in [0.25, 0.3) is 21.5 Å². The van der Waals surface area contributed by atoms with Crippen LogP contribution >= 0.6 is 0 Å². The fraction of sp³-hybridized carbons (Fsp3) is 0.217. The van der Waals surface area contributed by atoms with Crippen LogP contribution in [0.2, 0.25) is 0 Å². The van der Waals surface area contributed by atoms with E-state index in [0.717, 1.165) is 33.4 Å². The Morgan fingerprint density at radius 3 is 2.00 bits per heavy atom. The van der Waals surface area contributed by atoms with Gasteiger partial charge in [0, 0.05) is 34.2 Å². The Morgan fingerprint density at radius 1 is 0.900 bits per heavy atom. The Kier molecular flexibility index (Phi) is 7.24. The standard InChI is InChI=1S/C23H23NO6/c1-3-20(25)29-15-14-28-13-12-24-23(26)30-22-18-10-6-4-8-16(18)21(27-2)17-9-5-7-11-19(17)22/h3-11H,1,12-15H2,2H3,(H,24,26). The SMILES string of the molecule is C=CC(=O)OCCOCCNC(=O)Oc1c2ccccc2c(OC)c2ccccc12. The third kappa shape index (κ3) is 4.87. The fourth-order valence-electron chi connectivity index (χ4n) is 3.09. The Hall–Kier alpha value is -3.58. The molecule has 3 aromatic rings. The lowest BCUT2D eigenvalue weighted by Gasteiger charge is -2.16. The van der Waals surface area contributed by atoms with Crippen LogP contribution in [0.4, 0.5) is 4.79 Å². The zero-order chi connectivity index (χ0) is 21.3. The Bertz CT molecular complexity index is 1010. The average molecular weight is 409 g/mol. The number of methoxy groups -OCH3 is 1. The van der Waals surface area contributed by atoms with Crippen molar-refractivity contribution in [2.75, 3.05) is 33.5 Å². The number of hydrogen-bond donors (Lipinski definition) is 1. The smallest absolute Gasteiger partial charge is 0.412 e. The monoisotopic (exact) mass is 409 g/mol. The summed E-state index contributed by atoms with van der Waals surface area (Å²) in [6.07, 6.45) is 0.501. The van der Waals surface area contributed by atoms with Crippen LogP contribution in [0.5, 0.6) is 11.5 Å². The molecule has 0 aliphatic rings. The molecule has 0 radical (unpaired) electrons. The van der Waals surface area contributed by atoms with Crippen LogP contribution in [0, 0.1) is 0 Å². The van der Waals surface area contributed by atoms with E-state index in [-0.39, 0.29) is 26.4 Å². The van der Waals surface area contributed by atoms with Gasteiger partial charge < -0.3 is 24.3 Å². The van der Waals surface area contributed by atoms with Gasteiger partial charge in [-0.15, -0.1) is 0 Å². The predicted octanol–water partition coefficient (Wildman–Crippen LogP) is 3.84. The molecule has 0 aromatic heterocycles. The van der Waals surface area contributed by atoms with Gasteiger partial charge in [-0.05, 0) is 0 Å². The average Bonchev–Trinajstić information content (AvgIpc) is 2.78. The molecule has 30 heavy (non-hydrogen) atoms. The summed E-state index contributed by atoms with van der Waals surface area (Å²) in [5.74, 6) is 0.704. The number of amides is 1. The molecular formula is C23H23NO6. The zero-order valence-electron chi connectivity index (χ0n) is 16.7. The van der Waals surface area contributed by atoms with Gasteiger partial charge in [0.15, 0.2) is 0 Å². The molecule has 0 atom stereocenters. The Balaban J connectivity index is 1.66. The van der Waals surface area contributed by atoms with Crippen LogP contribution in [0.3, 0.4) is 0 Å². The minimum absolute atomic E-state index is 0.124. The number of carbonyl (C=O) groups is 2. The number of carbonyl (C=O) groups excluding carboxylic acids is 2. The fourth-order valence-corrected chi connectivity index (χ4v) is 3.09. The lowest BCUT2D eigenvalue weighted by molar-refractivity contribution is -0.139. The summed E-state index contributed by atoms with van der Waals surface area (Å²) in [5.41, 5.74) is 0. The van der Waals surface area contributed by atoms with Gasteiger partial charge in [0.2, 0.25) is 0 Å². The van der Waals surface area contributed by atoms with Gasteiger partial charge in [0.25, 0.3) is 0 Å². The van der Waals surface area contributed by atoms with Crippen molar-refractivity contribution in [3.05, 3.63) is 61.2 Å². The van der Waals surface area contributed by atoms with Crippen molar-refractivity contribution in [2.45, 2.75) is 0 Å². The molecule has 0 fully saturated rings. The van der Waals surface area contributed by atoms with Gasteiger partial charge in [0.1, 0.15) is 18.1 Å². The second kappa shape index (κ2) is 10.3. The molecular weight excluding hydrogens is 386 g/mol. The molecule has 0 heterocycles. The zero-order valence-corrected chi connectivity index (χ0v) is 16.7. The molecule has 0 aliphatic heterocycles. The summed E-state index contributed by atoms with van der Waals surface area (Å²) in [5, 5.41) is 5.94. The predicted molar refractivity (Wildman–Crippen MR) is 114 cm³/mol. The molecule has 1 N–H and O–H groups in total. The number of esters is 1. The second-order valence-corrected chi connectivity index (χ2v) is 6.25. The number of benzene rings is 3. The summed E-state index contributed by atoms with van der Waals surface area (Å²) >= 11 is 0. The number of fused-ring (bicyclic) bond motifs is 2. The maximum absolute atomic E-state index is 12.4. The molecule has 3 rings (SSSR count). The highest BCUT2D eigenvalue weighted by molar-refractivity contribution is 6.11. The first-order valence-electron chi connectivity index (χ1n) is 9.45. The van der Waals surface area contributed by atoms with E-state index >= 15 is 0 Å². The second-order valence-electron chi connectivity index (χ2n) is 6.25. The summed E-state index contributed by atoms with van der Waals surface area (Å²) in [4.78, 5) is 23.3. The van der Waals surface area contributed by atoms with Crippen molar-refractivity contribution in [1.82, 2.24) is 5.32 Å². The number of rotatable bonds is 9. The van der Waals surface area contributed by atoms with Gasteiger partial charge in [-0.3, -0.25) is 0 Å². The molecule has 7 nitrogen and oxygen atoms in total. The highest BCUT2D eigenvalue weighted by Crippen LogP contribution is 2.42. The van der Waals surface area contributed by atoms with Crippen LogP contribution in [-0.2, 0) is 14.3 Å². The largest absolute Gasteiger partial charge is 0.495 e. The molecule has 0 unspecified atom stereocenters. The van der Waals surface area contributed by atoms with Gasteiger partial charge in [-0.1, -0.05) is 55.1 Å². The first-order chi connectivity index (χ1) is 14.7. The topological polar surface area (TPSA) is 83.1 Å². The Morgan fingerprint density at radius 2 is 1.47 bits per heavy atom. The summed E-state index contributed by atoms with van der Waals surface area (Å²) in [7, 11) is 1.62. The molecule has 156 valence electrons. The van der Waals surface area contributed by atoms with Crippen LogP contribution in [-0.4, -0.2) is 45.5 Å². The Labute approximate surface area is 174 Å². The molecule has 7 heteroatoms. The van der Waals surface area contributed by atoms with Crippen molar-refractivity contribution < 1.29 is 28.5 Å². The first kappa shape index (κ1) is 21.1. The van der Waals surface area contributed by atoms with E-state index < -0.39 is 12.1 Å². The minimum atomic E-state index is -0.586. The van der Waals surface area contributed by atoms with E-state index in [2.05, 4.69) is 11.9 Å². The van der Waals surface area contributed by atoms with E-state index in [9.17, 15) is 9.59 Å². The lowest BCUT2D eigenvalue weighted by Crippen LogP contribution is -2.30. The first-order valence-corrected chi connectivity index (χ1v) is 9.45. The van der Waals surface area contributed by atoms with E-state index in [0.29, 0.717) is 5.75 Å². The van der Waals surface area contributed by atoms with E-state index in [1.165, 1.54) is 0 Å². The molecule has 0 aliphatic carbocycles. The van der Waals surface area contributed by atoms with Gasteiger partial charge in [0.05, 0.1) is 20.3 Å². The molecule has 3 aromatic carbocycles. The molecule has 0 bridgehead atoms. The maximum atomic E-state index is 12.4. The van der Waals surface area contributed by atoms with E-state index in [1.807, 2.05) is 48.5 Å². The van der Waals surface area contributed by atoms with Crippen molar-refractivity contribution in [3.8, 4) is 11.5 Å². The van der Waals surface area contributed by atoms with Crippen molar-refractivity contribution in [2.24, 2.45) is 0 Å².